The van der Waals surface area contributed by atoms with Crippen LogP contribution in [0.3, 0.4) is 0 Å². The Bertz CT molecular complexity index is 597. The number of fused-ring (bicyclic) bond motifs is 1. The Balaban J connectivity index is 1.78. The average Bonchev–Trinajstić information content (AvgIpc) is 2.88. The predicted octanol–water partition coefficient (Wildman–Crippen LogP) is 4.22. The van der Waals surface area contributed by atoms with E-state index in [-0.39, 0.29) is 0 Å². The fourth-order valence-corrected chi connectivity index (χ4v) is 3.39. The summed E-state index contributed by atoms with van der Waals surface area (Å²) in [5, 5.41) is 3.70. The van der Waals surface area contributed by atoms with Crippen LogP contribution in [0.5, 0.6) is 0 Å². The molecule has 0 radical (unpaired) electrons. The Morgan fingerprint density at radius 1 is 1.29 bits per heavy atom. The number of aromatic nitrogens is 1. The van der Waals surface area contributed by atoms with Crippen LogP contribution in [0, 0.1) is 6.92 Å². The molecule has 0 spiro atoms. The molecule has 1 aromatic heterocycles. The van der Waals surface area contributed by atoms with Gasteiger partial charge in [0.2, 0.25) is 0 Å². The van der Waals surface area contributed by atoms with Gasteiger partial charge in [-0.05, 0) is 55.8 Å². The molecule has 2 aromatic rings. The largest absolute Gasteiger partial charge is 0.349 e. The molecular formula is C19H26N2. The molecule has 0 saturated heterocycles. The molecule has 2 heteroatoms. The Labute approximate surface area is 128 Å². The summed E-state index contributed by atoms with van der Waals surface area (Å²) in [5.41, 5.74) is 5.80. The molecule has 0 saturated carbocycles. The van der Waals surface area contributed by atoms with Crippen molar-refractivity contribution in [2.45, 2.75) is 52.1 Å². The lowest BCUT2D eigenvalue weighted by atomic mass is 9.91. The molecule has 1 heterocycles. The molecule has 1 atom stereocenters. The fourth-order valence-electron chi connectivity index (χ4n) is 3.39. The number of nitrogens with zero attached hydrogens (tertiary/aromatic N) is 1. The molecular weight excluding hydrogens is 256 g/mol. The van der Waals surface area contributed by atoms with Gasteiger partial charge >= 0.3 is 0 Å². The van der Waals surface area contributed by atoms with Crippen molar-refractivity contribution >= 4 is 0 Å². The maximum absolute atomic E-state index is 3.70. The molecule has 1 aliphatic carbocycles. The highest BCUT2D eigenvalue weighted by Gasteiger charge is 2.21. The number of rotatable bonds is 5. The van der Waals surface area contributed by atoms with Gasteiger partial charge in [-0.2, -0.15) is 0 Å². The van der Waals surface area contributed by atoms with Gasteiger partial charge in [0.25, 0.3) is 0 Å². The summed E-state index contributed by atoms with van der Waals surface area (Å²) < 4.78 is 2.37. The van der Waals surface area contributed by atoms with E-state index in [1.54, 1.807) is 5.56 Å². The summed E-state index contributed by atoms with van der Waals surface area (Å²) in [6, 6.07) is 9.38. The topological polar surface area (TPSA) is 17.0 Å². The van der Waals surface area contributed by atoms with Crippen LogP contribution in [0.2, 0.25) is 0 Å². The van der Waals surface area contributed by atoms with Gasteiger partial charge in [0, 0.05) is 25.0 Å². The summed E-state index contributed by atoms with van der Waals surface area (Å²) in [5.74, 6) is 0. The van der Waals surface area contributed by atoms with Crippen molar-refractivity contribution in [1.82, 2.24) is 9.88 Å². The third-order valence-corrected chi connectivity index (χ3v) is 4.40. The van der Waals surface area contributed by atoms with E-state index in [1.165, 1.54) is 42.4 Å². The van der Waals surface area contributed by atoms with Crippen LogP contribution in [-0.2, 0) is 13.0 Å². The Hall–Kier alpha value is -1.54. The number of hydrogen-bond acceptors (Lipinski definition) is 1. The number of hydrogen-bond donors (Lipinski definition) is 1. The van der Waals surface area contributed by atoms with Crippen molar-refractivity contribution < 1.29 is 0 Å². The minimum Gasteiger partial charge on any atom is -0.349 e. The monoisotopic (exact) mass is 282 g/mol. The average molecular weight is 282 g/mol. The third kappa shape index (κ3) is 3.38. The van der Waals surface area contributed by atoms with Crippen LogP contribution < -0.4 is 5.32 Å². The quantitative estimate of drug-likeness (QED) is 0.868. The van der Waals surface area contributed by atoms with Gasteiger partial charge in [-0.3, -0.25) is 0 Å². The first-order valence-electron chi connectivity index (χ1n) is 8.23. The zero-order valence-electron chi connectivity index (χ0n) is 13.2. The molecule has 0 aliphatic heterocycles. The van der Waals surface area contributed by atoms with Crippen LogP contribution in [0.1, 0.15) is 54.5 Å². The number of benzene rings is 1. The van der Waals surface area contributed by atoms with Crippen molar-refractivity contribution in [1.29, 1.82) is 0 Å². The zero-order valence-corrected chi connectivity index (χ0v) is 13.2. The van der Waals surface area contributed by atoms with Crippen molar-refractivity contribution in [2.75, 3.05) is 6.54 Å². The lowest BCUT2D eigenvalue weighted by Gasteiger charge is -2.23. The molecule has 0 amide bonds. The lowest BCUT2D eigenvalue weighted by Crippen LogP contribution is -2.24. The van der Waals surface area contributed by atoms with Crippen molar-refractivity contribution in [3.05, 3.63) is 58.9 Å². The number of nitrogens with one attached hydrogen (secondary N) is 1. The molecule has 2 nitrogen and oxygen atoms in total. The minimum absolute atomic E-state index is 0.562. The Kier molecular flexibility index (Phi) is 4.45. The number of aryl methyl sites for hydroxylation is 2. The van der Waals surface area contributed by atoms with Crippen LogP contribution in [0.25, 0.3) is 0 Å². The second-order valence-electron chi connectivity index (χ2n) is 6.30. The van der Waals surface area contributed by atoms with Gasteiger partial charge in [-0.1, -0.05) is 36.8 Å². The van der Waals surface area contributed by atoms with Crippen LogP contribution >= 0.6 is 0 Å². The molecule has 1 aromatic carbocycles. The highest BCUT2D eigenvalue weighted by molar-refractivity contribution is 5.31. The fraction of sp³-hybridized carbons (Fsp3) is 0.474. The minimum atomic E-state index is 0.562. The standard InChI is InChI=1S/C19H26N2/c1-3-10-20-19-9-5-8-17-13-21(14-18(17)19)12-16-7-4-6-15(2)11-16/h4,6-7,11,13-14,19-20H,3,5,8-10,12H2,1-2H3. The van der Waals surface area contributed by atoms with Crippen LogP contribution in [0.4, 0.5) is 0 Å². The molecule has 0 bridgehead atoms. The summed E-state index contributed by atoms with van der Waals surface area (Å²) >= 11 is 0. The summed E-state index contributed by atoms with van der Waals surface area (Å²) in [6.07, 6.45) is 9.75. The highest BCUT2D eigenvalue weighted by Crippen LogP contribution is 2.30. The summed E-state index contributed by atoms with van der Waals surface area (Å²) in [6.45, 7) is 6.50. The van der Waals surface area contributed by atoms with Gasteiger partial charge < -0.3 is 9.88 Å². The van der Waals surface area contributed by atoms with Crippen LogP contribution in [0.15, 0.2) is 36.7 Å². The van der Waals surface area contributed by atoms with Crippen molar-refractivity contribution in [2.24, 2.45) is 0 Å². The molecule has 1 N–H and O–H groups in total. The predicted molar refractivity (Wildman–Crippen MR) is 88.7 cm³/mol. The zero-order chi connectivity index (χ0) is 14.7. The maximum atomic E-state index is 3.70. The normalized spacial score (nSPS) is 17.7. The second kappa shape index (κ2) is 6.48. The highest BCUT2D eigenvalue weighted by atomic mass is 15.0. The van der Waals surface area contributed by atoms with Crippen molar-refractivity contribution in [3.8, 4) is 0 Å². The van der Waals surface area contributed by atoms with E-state index in [4.69, 9.17) is 0 Å². The summed E-state index contributed by atoms with van der Waals surface area (Å²) in [4.78, 5) is 0. The molecule has 112 valence electrons. The SMILES string of the molecule is CCCNC1CCCc2cn(Cc3cccc(C)c3)cc21. The molecule has 21 heavy (non-hydrogen) atoms. The molecule has 0 fully saturated rings. The van der Waals surface area contributed by atoms with Gasteiger partial charge in [0.15, 0.2) is 0 Å². The van der Waals surface area contributed by atoms with Gasteiger partial charge in [-0.15, -0.1) is 0 Å². The van der Waals surface area contributed by atoms with Gasteiger partial charge in [0.05, 0.1) is 0 Å². The van der Waals surface area contributed by atoms with E-state index in [2.05, 4.69) is 60.4 Å². The van der Waals surface area contributed by atoms with Crippen LogP contribution in [-0.4, -0.2) is 11.1 Å². The second-order valence-corrected chi connectivity index (χ2v) is 6.30. The van der Waals surface area contributed by atoms with E-state index < -0.39 is 0 Å². The van der Waals surface area contributed by atoms with E-state index in [0.717, 1.165) is 13.1 Å². The van der Waals surface area contributed by atoms with E-state index in [0.29, 0.717) is 6.04 Å². The first-order valence-corrected chi connectivity index (χ1v) is 8.23. The van der Waals surface area contributed by atoms with E-state index in [9.17, 15) is 0 Å². The molecule has 1 unspecified atom stereocenters. The maximum Gasteiger partial charge on any atom is 0.0470 e. The summed E-state index contributed by atoms with van der Waals surface area (Å²) in [7, 11) is 0. The first kappa shape index (κ1) is 14.4. The lowest BCUT2D eigenvalue weighted by molar-refractivity contribution is 0.462. The molecule has 3 rings (SSSR count). The Morgan fingerprint density at radius 2 is 2.19 bits per heavy atom. The van der Waals surface area contributed by atoms with Crippen molar-refractivity contribution in [3.63, 3.8) is 0 Å². The smallest absolute Gasteiger partial charge is 0.0470 e. The van der Waals surface area contributed by atoms with E-state index >= 15 is 0 Å². The van der Waals surface area contributed by atoms with Gasteiger partial charge in [-0.25, -0.2) is 0 Å². The molecule has 1 aliphatic rings. The third-order valence-electron chi connectivity index (χ3n) is 4.40. The van der Waals surface area contributed by atoms with E-state index in [1.807, 2.05) is 0 Å². The van der Waals surface area contributed by atoms with Gasteiger partial charge in [0.1, 0.15) is 0 Å². The first-order chi connectivity index (χ1) is 10.3. The Morgan fingerprint density at radius 3 is 3.00 bits per heavy atom.